The maximum atomic E-state index is 11.4. The molecule has 3 aromatic rings. The number of rotatable bonds is 6. The van der Waals surface area contributed by atoms with Gasteiger partial charge in [-0.15, -0.1) is 0 Å². The van der Waals surface area contributed by atoms with Crippen LogP contribution in [-0.4, -0.2) is 29.6 Å². The van der Waals surface area contributed by atoms with Crippen LogP contribution in [0.2, 0.25) is 0 Å². The van der Waals surface area contributed by atoms with Gasteiger partial charge >= 0.3 is 0 Å². The summed E-state index contributed by atoms with van der Waals surface area (Å²) in [6.07, 6.45) is 5.72. The molecular formula is C21H20BrN3O3. The Kier molecular flexibility index (Phi) is 5.94. The van der Waals surface area contributed by atoms with Crippen molar-refractivity contribution < 1.29 is 13.9 Å². The molecule has 0 spiro atoms. The molecule has 0 aliphatic carbocycles. The molecule has 144 valence electrons. The minimum atomic E-state index is 0.456. The Morgan fingerprint density at radius 1 is 1.36 bits per heavy atom. The molecule has 6 nitrogen and oxygen atoms in total. The number of hydrogen-bond acceptors (Lipinski definition) is 5. The van der Waals surface area contributed by atoms with Crippen LogP contribution in [0.1, 0.15) is 25.0 Å². The number of carbonyl (C=O) groups is 1. The monoisotopic (exact) mass is 441 g/mol. The maximum Gasteiger partial charge on any atom is 0.231 e. The molecule has 0 aliphatic rings. The van der Waals surface area contributed by atoms with Crippen LogP contribution in [0, 0.1) is 6.92 Å². The molecule has 0 saturated heterocycles. The first-order valence-electron chi connectivity index (χ1n) is 8.64. The van der Waals surface area contributed by atoms with Gasteiger partial charge in [0.2, 0.25) is 12.3 Å². The number of hydrogen-bond donors (Lipinski definition) is 0. The van der Waals surface area contributed by atoms with Crippen molar-refractivity contribution >= 4 is 45.2 Å². The lowest BCUT2D eigenvalue weighted by molar-refractivity contribution is -0.114. The van der Waals surface area contributed by atoms with Crippen molar-refractivity contribution in [2.75, 3.05) is 7.05 Å². The number of aryl methyl sites for hydroxylation is 1. The fourth-order valence-corrected chi connectivity index (χ4v) is 3.48. The van der Waals surface area contributed by atoms with Crippen LogP contribution in [0.5, 0.6) is 11.6 Å². The van der Waals surface area contributed by atoms with Crippen LogP contribution in [-0.2, 0) is 4.79 Å². The summed E-state index contributed by atoms with van der Waals surface area (Å²) in [7, 11) is 1.71. The van der Waals surface area contributed by atoms with Crippen molar-refractivity contribution in [1.29, 1.82) is 0 Å². The first-order chi connectivity index (χ1) is 13.5. The zero-order valence-electron chi connectivity index (χ0n) is 16.1. The molecule has 1 aromatic carbocycles. The van der Waals surface area contributed by atoms with Crippen LogP contribution in [0.3, 0.4) is 0 Å². The number of amides is 1. The number of ether oxygens (including phenoxy) is 1. The topological polar surface area (TPSA) is 67.9 Å². The number of pyridine rings is 1. The second-order valence-corrected chi connectivity index (χ2v) is 7.04. The van der Waals surface area contributed by atoms with E-state index < -0.39 is 0 Å². The summed E-state index contributed by atoms with van der Waals surface area (Å²) in [6, 6.07) is 7.45. The summed E-state index contributed by atoms with van der Waals surface area (Å²) in [5, 5.41) is 0.777. The standard InChI is InChI=1S/C21H20BrN3O3/c1-5-23-14(3)20(25(4)12-26)16-7-6-15(10-13(16)2)28-21-19-17(22)11-27-18(19)8-9-24-21/h5-12H,1-4H3/b20-14-,23-5?. The SMILES string of the molecule is CC=N/C(C)=C(/c1ccc(Oc2nccc3occ(Br)c23)cc1C)N(C)C=O. The summed E-state index contributed by atoms with van der Waals surface area (Å²) in [4.78, 5) is 21.6. The third-order valence-corrected chi connectivity index (χ3v) is 4.83. The number of allylic oxidation sites excluding steroid dienone is 1. The average molecular weight is 442 g/mol. The summed E-state index contributed by atoms with van der Waals surface area (Å²) in [5.74, 6) is 1.09. The average Bonchev–Trinajstić information content (AvgIpc) is 3.06. The highest BCUT2D eigenvalue weighted by Gasteiger charge is 2.16. The van der Waals surface area contributed by atoms with Crippen molar-refractivity contribution in [3.8, 4) is 11.6 Å². The van der Waals surface area contributed by atoms with Gasteiger partial charge in [-0.1, -0.05) is 0 Å². The predicted octanol–water partition coefficient (Wildman–Crippen LogP) is 5.56. The van der Waals surface area contributed by atoms with Gasteiger partial charge in [-0.25, -0.2) is 4.98 Å². The van der Waals surface area contributed by atoms with Gasteiger partial charge in [0.1, 0.15) is 17.6 Å². The number of furan rings is 1. The summed E-state index contributed by atoms with van der Waals surface area (Å²) >= 11 is 3.46. The van der Waals surface area contributed by atoms with E-state index in [-0.39, 0.29) is 0 Å². The first-order valence-corrected chi connectivity index (χ1v) is 9.43. The molecule has 0 unspecified atom stereocenters. The third-order valence-electron chi connectivity index (χ3n) is 4.25. The van der Waals surface area contributed by atoms with Crippen molar-refractivity contribution in [2.24, 2.45) is 4.99 Å². The van der Waals surface area contributed by atoms with E-state index in [2.05, 4.69) is 25.9 Å². The quantitative estimate of drug-likeness (QED) is 0.370. The van der Waals surface area contributed by atoms with Crippen molar-refractivity contribution in [3.63, 3.8) is 0 Å². The van der Waals surface area contributed by atoms with Crippen LogP contribution in [0.15, 0.2) is 56.3 Å². The van der Waals surface area contributed by atoms with Crippen molar-refractivity contribution in [1.82, 2.24) is 9.88 Å². The molecule has 1 amide bonds. The van der Waals surface area contributed by atoms with Crippen molar-refractivity contribution in [3.05, 3.63) is 58.0 Å². The van der Waals surface area contributed by atoms with Gasteiger partial charge < -0.3 is 14.1 Å². The molecule has 0 atom stereocenters. The van der Waals surface area contributed by atoms with E-state index in [1.165, 1.54) is 4.90 Å². The number of aliphatic imine (C=N–C) groups is 1. The summed E-state index contributed by atoms with van der Waals surface area (Å²) in [6.45, 7) is 5.68. The number of carbonyl (C=O) groups excluding carboxylic acids is 1. The highest BCUT2D eigenvalue weighted by molar-refractivity contribution is 9.10. The highest BCUT2D eigenvalue weighted by atomic mass is 79.9. The molecule has 0 saturated carbocycles. The van der Waals surface area contributed by atoms with E-state index in [9.17, 15) is 4.79 Å². The van der Waals surface area contributed by atoms with E-state index in [1.807, 2.05) is 39.0 Å². The van der Waals surface area contributed by atoms with E-state index in [0.717, 1.165) is 38.8 Å². The molecule has 0 aliphatic heterocycles. The van der Waals surface area contributed by atoms with Gasteiger partial charge in [-0.05, 0) is 60.5 Å². The Labute approximate surface area is 171 Å². The largest absolute Gasteiger partial charge is 0.463 e. The minimum absolute atomic E-state index is 0.456. The molecule has 2 heterocycles. The Hall–Kier alpha value is -2.93. The smallest absolute Gasteiger partial charge is 0.231 e. The first kappa shape index (κ1) is 19.8. The molecule has 0 bridgehead atoms. The van der Waals surface area contributed by atoms with Gasteiger partial charge in [0.05, 0.1) is 21.3 Å². The third kappa shape index (κ3) is 3.84. The number of nitrogens with zero attached hydrogens (tertiary/aromatic N) is 3. The molecule has 3 rings (SSSR count). The van der Waals surface area contributed by atoms with Gasteiger partial charge in [0.15, 0.2) is 0 Å². The van der Waals surface area contributed by atoms with Crippen LogP contribution < -0.4 is 4.74 Å². The van der Waals surface area contributed by atoms with E-state index >= 15 is 0 Å². The molecular weight excluding hydrogens is 422 g/mol. The van der Waals surface area contributed by atoms with Crippen LogP contribution >= 0.6 is 15.9 Å². The Balaban J connectivity index is 2.01. The zero-order chi connectivity index (χ0) is 20.3. The van der Waals surface area contributed by atoms with E-state index in [1.54, 1.807) is 31.8 Å². The van der Waals surface area contributed by atoms with E-state index in [4.69, 9.17) is 9.15 Å². The molecule has 0 N–H and O–H groups in total. The Bertz CT molecular complexity index is 1090. The molecule has 2 aromatic heterocycles. The fourth-order valence-electron chi connectivity index (χ4n) is 3.02. The highest BCUT2D eigenvalue weighted by Crippen LogP contribution is 2.36. The number of halogens is 1. The lowest BCUT2D eigenvalue weighted by atomic mass is 10.0. The molecule has 7 heteroatoms. The summed E-state index contributed by atoms with van der Waals surface area (Å²) < 4.78 is 12.3. The number of aromatic nitrogens is 1. The molecule has 28 heavy (non-hydrogen) atoms. The minimum Gasteiger partial charge on any atom is -0.463 e. The molecule has 0 radical (unpaired) electrons. The van der Waals surface area contributed by atoms with Crippen LogP contribution in [0.25, 0.3) is 16.7 Å². The van der Waals surface area contributed by atoms with Gasteiger partial charge in [-0.2, -0.15) is 0 Å². The lowest BCUT2D eigenvalue weighted by Gasteiger charge is -2.20. The van der Waals surface area contributed by atoms with Crippen LogP contribution in [0.4, 0.5) is 0 Å². The second-order valence-electron chi connectivity index (χ2n) is 6.19. The Morgan fingerprint density at radius 3 is 2.82 bits per heavy atom. The van der Waals surface area contributed by atoms with E-state index in [0.29, 0.717) is 17.2 Å². The zero-order valence-corrected chi connectivity index (χ0v) is 17.6. The Morgan fingerprint density at radius 2 is 2.14 bits per heavy atom. The summed E-state index contributed by atoms with van der Waals surface area (Å²) in [5.41, 5.74) is 4.04. The van der Waals surface area contributed by atoms with Gasteiger partial charge in [0, 0.05) is 31.1 Å². The predicted molar refractivity (Wildman–Crippen MR) is 114 cm³/mol. The van der Waals surface area contributed by atoms with Gasteiger partial charge in [0.25, 0.3) is 0 Å². The number of benzene rings is 1. The fraction of sp³-hybridized carbons (Fsp3) is 0.190. The van der Waals surface area contributed by atoms with Crippen molar-refractivity contribution in [2.45, 2.75) is 20.8 Å². The normalized spacial score (nSPS) is 12.3. The van der Waals surface area contributed by atoms with Gasteiger partial charge in [-0.3, -0.25) is 9.79 Å². The lowest BCUT2D eigenvalue weighted by Crippen LogP contribution is -2.16. The number of fused-ring (bicyclic) bond motifs is 1. The maximum absolute atomic E-state index is 11.4. The second kappa shape index (κ2) is 8.39. The molecule has 0 fully saturated rings.